The van der Waals surface area contributed by atoms with E-state index in [1.165, 1.54) is 23.3 Å². The molecule has 2 heteroatoms. The predicted octanol–water partition coefficient (Wildman–Crippen LogP) is 5.99. The summed E-state index contributed by atoms with van der Waals surface area (Å²) >= 11 is 0. The van der Waals surface area contributed by atoms with E-state index in [4.69, 9.17) is 4.74 Å². The Bertz CT molecular complexity index is 730. The van der Waals surface area contributed by atoms with Crippen LogP contribution < -0.4 is 4.74 Å². The molecule has 1 atom stereocenters. The average Bonchev–Trinajstić information content (AvgIpc) is 2.57. The Hall–Kier alpha value is -2.09. The molecule has 0 radical (unpaired) electrons. The summed E-state index contributed by atoms with van der Waals surface area (Å²) in [7, 11) is 0. The van der Waals surface area contributed by atoms with Crippen molar-refractivity contribution in [2.75, 3.05) is 0 Å². The smallest absolute Gasteiger partial charge is 0.130 e. The quantitative estimate of drug-likeness (QED) is 0.674. The fourth-order valence-corrected chi connectivity index (χ4v) is 3.62. The molecule has 1 heterocycles. The minimum atomic E-state index is -0.271. The number of para-hydroxylation sites is 1. The number of hydrogen-bond donors (Lipinski definition) is 0. The molecule has 0 bridgehead atoms. The number of halogens is 1. The van der Waals surface area contributed by atoms with Gasteiger partial charge in [-0.15, -0.1) is 0 Å². The van der Waals surface area contributed by atoms with Crippen LogP contribution in [0, 0.1) is 5.82 Å². The third kappa shape index (κ3) is 2.67. The zero-order chi connectivity index (χ0) is 16.4. The van der Waals surface area contributed by atoms with Gasteiger partial charge in [0.15, 0.2) is 0 Å². The van der Waals surface area contributed by atoms with Gasteiger partial charge in [-0.2, -0.15) is 0 Å². The minimum absolute atomic E-state index is 0.206. The van der Waals surface area contributed by atoms with Crippen molar-refractivity contribution in [3.8, 4) is 5.75 Å². The van der Waals surface area contributed by atoms with Gasteiger partial charge in [0, 0.05) is 5.56 Å². The first-order valence-electron chi connectivity index (χ1n) is 8.37. The summed E-state index contributed by atoms with van der Waals surface area (Å²) in [5.41, 5.74) is 4.30. The van der Waals surface area contributed by atoms with E-state index in [0.717, 1.165) is 36.1 Å². The van der Waals surface area contributed by atoms with Gasteiger partial charge in [-0.25, -0.2) is 4.39 Å². The molecule has 0 saturated heterocycles. The van der Waals surface area contributed by atoms with Crippen LogP contribution in [-0.2, 0) is 0 Å². The molecule has 0 amide bonds. The normalized spacial score (nSPS) is 20.2. The van der Waals surface area contributed by atoms with Gasteiger partial charge in [0.05, 0.1) is 0 Å². The highest BCUT2D eigenvalue weighted by atomic mass is 19.1. The van der Waals surface area contributed by atoms with Crippen LogP contribution in [0.4, 0.5) is 4.39 Å². The first kappa shape index (κ1) is 15.8. The topological polar surface area (TPSA) is 9.23 Å². The summed E-state index contributed by atoms with van der Waals surface area (Å²) < 4.78 is 19.8. The van der Waals surface area contributed by atoms with E-state index in [2.05, 4.69) is 26.8 Å². The number of benzene rings is 2. The zero-order valence-corrected chi connectivity index (χ0v) is 14.0. The van der Waals surface area contributed by atoms with Crippen LogP contribution in [0.5, 0.6) is 5.75 Å². The summed E-state index contributed by atoms with van der Waals surface area (Å²) in [5, 5.41) is 0. The van der Waals surface area contributed by atoms with Gasteiger partial charge < -0.3 is 4.74 Å². The number of rotatable bonds is 4. The molecule has 1 aliphatic rings. The van der Waals surface area contributed by atoms with E-state index in [1.807, 2.05) is 30.3 Å². The van der Waals surface area contributed by atoms with Gasteiger partial charge in [0.2, 0.25) is 0 Å². The Kier molecular flexibility index (Phi) is 4.25. The highest BCUT2D eigenvalue weighted by molar-refractivity contribution is 5.87. The van der Waals surface area contributed by atoms with Crippen molar-refractivity contribution in [3.05, 3.63) is 71.0 Å². The van der Waals surface area contributed by atoms with E-state index in [0.29, 0.717) is 0 Å². The maximum Gasteiger partial charge on any atom is 0.130 e. The standard InChI is InChI=1S/C21H23FO/c1-4-14-21(5-2)15(3)20(16-10-12-17(22)13-11-16)18-8-6-7-9-19(18)23-21/h6-13H,4-5,14H2,1-3H3. The van der Waals surface area contributed by atoms with Crippen LogP contribution in [0.3, 0.4) is 0 Å². The van der Waals surface area contributed by atoms with Crippen LogP contribution in [-0.4, -0.2) is 5.60 Å². The fourth-order valence-electron chi connectivity index (χ4n) is 3.62. The highest BCUT2D eigenvalue weighted by Gasteiger charge is 2.38. The van der Waals surface area contributed by atoms with Crippen molar-refractivity contribution < 1.29 is 9.13 Å². The number of ether oxygens (including phenoxy) is 1. The number of fused-ring (bicyclic) bond motifs is 1. The molecule has 23 heavy (non-hydrogen) atoms. The van der Waals surface area contributed by atoms with Gasteiger partial charge >= 0.3 is 0 Å². The number of hydrogen-bond acceptors (Lipinski definition) is 1. The Balaban J connectivity index is 2.25. The van der Waals surface area contributed by atoms with Crippen molar-refractivity contribution in [3.63, 3.8) is 0 Å². The third-order valence-corrected chi connectivity index (χ3v) is 4.88. The molecular formula is C21H23FO. The molecule has 2 aromatic carbocycles. The Morgan fingerprint density at radius 1 is 1.00 bits per heavy atom. The van der Waals surface area contributed by atoms with Crippen molar-refractivity contribution in [1.29, 1.82) is 0 Å². The highest BCUT2D eigenvalue weighted by Crippen LogP contribution is 2.46. The summed E-state index contributed by atoms with van der Waals surface area (Å²) in [5.74, 6) is 0.718. The lowest BCUT2D eigenvalue weighted by atomic mass is 9.78. The monoisotopic (exact) mass is 310 g/mol. The molecule has 3 rings (SSSR count). The van der Waals surface area contributed by atoms with Crippen LogP contribution in [0.15, 0.2) is 54.1 Å². The van der Waals surface area contributed by atoms with Gasteiger partial charge in [0.25, 0.3) is 0 Å². The molecule has 0 aliphatic carbocycles. The van der Waals surface area contributed by atoms with Crippen molar-refractivity contribution >= 4 is 5.57 Å². The second kappa shape index (κ2) is 6.19. The molecule has 0 saturated carbocycles. The zero-order valence-electron chi connectivity index (χ0n) is 14.0. The first-order chi connectivity index (χ1) is 11.1. The van der Waals surface area contributed by atoms with Gasteiger partial charge in [-0.3, -0.25) is 0 Å². The second-order valence-electron chi connectivity index (χ2n) is 6.20. The maximum absolute atomic E-state index is 13.3. The van der Waals surface area contributed by atoms with E-state index >= 15 is 0 Å². The van der Waals surface area contributed by atoms with Crippen molar-refractivity contribution in [2.45, 2.75) is 45.6 Å². The maximum atomic E-state index is 13.3. The molecule has 1 nitrogen and oxygen atoms in total. The average molecular weight is 310 g/mol. The summed E-state index contributed by atoms with van der Waals surface area (Å²) in [4.78, 5) is 0. The summed E-state index contributed by atoms with van der Waals surface area (Å²) in [6.45, 7) is 6.52. The van der Waals surface area contributed by atoms with Crippen molar-refractivity contribution in [2.24, 2.45) is 0 Å². The van der Waals surface area contributed by atoms with Crippen LogP contribution in [0.1, 0.15) is 51.2 Å². The molecule has 0 fully saturated rings. The van der Waals surface area contributed by atoms with E-state index in [-0.39, 0.29) is 11.4 Å². The second-order valence-corrected chi connectivity index (χ2v) is 6.20. The van der Waals surface area contributed by atoms with Gasteiger partial charge in [0.1, 0.15) is 17.2 Å². The van der Waals surface area contributed by atoms with Crippen LogP contribution in [0.2, 0.25) is 0 Å². The SMILES string of the molecule is CCCC1(CC)Oc2ccccc2C(c2ccc(F)cc2)=C1C. The molecule has 120 valence electrons. The van der Waals surface area contributed by atoms with Crippen molar-refractivity contribution in [1.82, 2.24) is 0 Å². The summed E-state index contributed by atoms with van der Waals surface area (Å²) in [6, 6.07) is 14.9. The lowest BCUT2D eigenvalue weighted by Crippen LogP contribution is -2.39. The first-order valence-corrected chi connectivity index (χ1v) is 8.37. The van der Waals surface area contributed by atoms with E-state index in [1.54, 1.807) is 0 Å². The van der Waals surface area contributed by atoms with Crippen LogP contribution >= 0.6 is 0 Å². The summed E-state index contributed by atoms with van der Waals surface area (Å²) in [6.07, 6.45) is 2.96. The predicted molar refractivity (Wildman–Crippen MR) is 93.1 cm³/mol. The van der Waals surface area contributed by atoms with Crippen LogP contribution in [0.25, 0.3) is 5.57 Å². The molecule has 1 aliphatic heterocycles. The van der Waals surface area contributed by atoms with E-state index < -0.39 is 0 Å². The largest absolute Gasteiger partial charge is 0.482 e. The lowest BCUT2D eigenvalue weighted by Gasteiger charge is -2.41. The molecule has 2 aromatic rings. The Morgan fingerprint density at radius 3 is 2.35 bits per heavy atom. The molecule has 0 aromatic heterocycles. The van der Waals surface area contributed by atoms with E-state index in [9.17, 15) is 4.39 Å². The Labute approximate surface area is 137 Å². The Morgan fingerprint density at radius 2 is 1.70 bits per heavy atom. The lowest BCUT2D eigenvalue weighted by molar-refractivity contribution is 0.0885. The molecule has 0 N–H and O–H groups in total. The molecular weight excluding hydrogens is 287 g/mol. The fraction of sp³-hybridized carbons (Fsp3) is 0.333. The third-order valence-electron chi connectivity index (χ3n) is 4.88. The van der Waals surface area contributed by atoms with Gasteiger partial charge in [-0.05, 0) is 54.7 Å². The molecule has 0 spiro atoms. The minimum Gasteiger partial charge on any atom is -0.482 e. The molecule has 1 unspecified atom stereocenters. The van der Waals surface area contributed by atoms with Gasteiger partial charge in [-0.1, -0.05) is 50.6 Å².